The molecule has 0 radical (unpaired) electrons. The van der Waals surface area contributed by atoms with Crippen molar-refractivity contribution in [3.63, 3.8) is 0 Å². The van der Waals surface area contributed by atoms with Crippen LogP contribution in [0.3, 0.4) is 0 Å². The van der Waals surface area contributed by atoms with Gasteiger partial charge in [0.25, 0.3) is 5.82 Å². The molecule has 5 nitrogen and oxygen atoms in total. The van der Waals surface area contributed by atoms with Crippen LogP contribution in [0, 0.1) is 0 Å². The summed E-state index contributed by atoms with van der Waals surface area (Å²) in [4.78, 5) is 12.1. The number of nitrogens with one attached hydrogen (secondary N) is 1. The highest BCUT2D eigenvalue weighted by Gasteiger charge is 2.22. The first-order valence-corrected chi connectivity index (χ1v) is 9.40. The van der Waals surface area contributed by atoms with Gasteiger partial charge in [-0.25, -0.2) is 13.9 Å². The largest absolute Gasteiger partial charge is 1.00 e. The Labute approximate surface area is 183 Å². The zero-order valence-corrected chi connectivity index (χ0v) is 18.6. The van der Waals surface area contributed by atoms with Crippen molar-refractivity contribution < 1.29 is 38.1 Å². The monoisotopic (exact) mass is 491 g/mol. The molecule has 0 aliphatic rings. The minimum Gasteiger partial charge on any atom is -1.00 e. The van der Waals surface area contributed by atoms with E-state index in [0.29, 0.717) is 12.2 Å². The van der Waals surface area contributed by atoms with Gasteiger partial charge >= 0.3 is 5.97 Å². The average Bonchev–Trinajstić information content (AvgIpc) is 3.00. The summed E-state index contributed by atoms with van der Waals surface area (Å²) >= 11 is 0. The highest BCUT2D eigenvalue weighted by molar-refractivity contribution is 5.93. The fourth-order valence-corrected chi connectivity index (χ4v) is 3.29. The van der Waals surface area contributed by atoms with Gasteiger partial charge in [0.05, 0.1) is 25.3 Å². The Bertz CT molecular complexity index is 965. The van der Waals surface area contributed by atoms with Crippen molar-refractivity contribution in [1.82, 2.24) is 4.57 Å². The van der Waals surface area contributed by atoms with Gasteiger partial charge in [0.2, 0.25) is 0 Å². The Hall–Kier alpha value is -2.35. The van der Waals surface area contributed by atoms with E-state index in [1.54, 1.807) is 0 Å². The molecule has 1 heterocycles. The minimum atomic E-state index is -0.283. The lowest BCUT2D eigenvalue weighted by Crippen LogP contribution is -3.00. The van der Waals surface area contributed by atoms with Crippen molar-refractivity contribution >= 4 is 28.8 Å². The number of rotatable bonds is 7. The Morgan fingerprint density at radius 1 is 1.14 bits per heavy atom. The minimum absolute atomic E-state index is 0. The van der Waals surface area contributed by atoms with Crippen LogP contribution in [0.15, 0.2) is 54.7 Å². The number of benzene rings is 2. The molecule has 0 atom stereocenters. The summed E-state index contributed by atoms with van der Waals surface area (Å²) in [6.07, 6.45) is 4.03. The number of nitrogens with zero attached hydrogens (tertiary/aromatic N) is 2. The molecule has 28 heavy (non-hydrogen) atoms. The summed E-state index contributed by atoms with van der Waals surface area (Å²) in [5.41, 5.74) is 3.76. The summed E-state index contributed by atoms with van der Waals surface area (Å²) in [5, 5.41) is 3.31. The highest BCUT2D eigenvalue weighted by Crippen LogP contribution is 2.19. The lowest BCUT2D eigenvalue weighted by molar-refractivity contribution is -0.670. The molecule has 148 valence electrons. The van der Waals surface area contributed by atoms with Crippen LogP contribution in [0.1, 0.15) is 37.0 Å². The number of para-hydroxylation sites is 1. The van der Waals surface area contributed by atoms with Gasteiger partial charge in [0, 0.05) is 24.0 Å². The second kappa shape index (κ2) is 10.3. The molecule has 6 heteroatoms. The molecule has 3 aromatic rings. The highest BCUT2D eigenvalue weighted by atomic mass is 127. The molecule has 0 saturated carbocycles. The van der Waals surface area contributed by atoms with E-state index in [4.69, 9.17) is 4.74 Å². The smallest absolute Gasteiger partial charge is 0.338 e. The first-order chi connectivity index (χ1) is 13.2. The number of aromatic nitrogens is 2. The third kappa shape index (κ3) is 4.55. The van der Waals surface area contributed by atoms with Crippen LogP contribution >= 0.6 is 0 Å². The fourth-order valence-electron chi connectivity index (χ4n) is 3.29. The molecule has 0 amide bonds. The summed E-state index contributed by atoms with van der Waals surface area (Å²) in [7, 11) is 0. The van der Waals surface area contributed by atoms with E-state index in [1.807, 2.05) is 61.7 Å². The number of fused-ring (bicyclic) bond motifs is 1. The molecular weight excluding hydrogens is 465 g/mol. The van der Waals surface area contributed by atoms with E-state index in [2.05, 4.69) is 34.4 Å². The SMILES string of the molecule is CCOC(=O)c1ccc2c(c1)n(CC)c(/C=C/Nc1ccccc1)[n+]2CC.[I-]. The third-order valence-corrected chi connectivity index (χ3v) is 4.51. The molecule has 3 rings (SSSR count). The predicted octanol–water partition coefficient (Wildman–Crippen LogP) is 1.23. The molecule has 1 aromatic heterocycles. The lowest BCUT2D eigenvalue weighted by Gasteiger charge is -2.01. The summed E-state index contributed by atoms with van der Waals surface area (Å²) in [6, 6.07) is 15.8. The zero-order chi connectivity index (χ0) is 19.2. The van der Waals surface area contributed by atoms with Crippen molar-refractivity contribution in [3.05, 3.63) is 66.1 Å². The van der Waals surface area contributed by atoms with Crippen molar-refractivity contribution in [2.45, 2.75) is 33.9 Å². The Morgan fingerprint density at radius 2 is 1.89 bits per heavy atom. The van der Waals surface area contributed by atoms with E-state index in [-0.39, 0.29) is 29.9 Å². The van der Waals surface area contributed by atoms with Crippen LogP contribution < -0.4 is 33.9 Å². The van der Waals surface area contributed by atoms with Crippen LogP contribution in [-0.4, -0.2) is 17.1 Å². The van der Waals surface area contributed by atoms with E-state index >= 15 is 0 Å². The fraction of sp³-hybridized carbons (Fsp3) is 0.273. The number of hydrogen-bond donors (Lipinski definition) is 1. The maximum atomic E-state index is 12.1. The summed E-state index contributed by atoms with van der Waals surface area (Å²) in [5.74, 6) is 0.800. The zero-order valence-electron chi connectivity index (χ0n) is 16.5. The molecule has 0 fully saturated rings. The standard InChI is InChI=1S/C22H25N3O2.HI/c1-4-24-19-13-12-17(22(26)27-6-3)16-20(19)25(5-2)21(24)14-15-23-18-10-8-7-9-11-18;/h7-16H,4-6H2,1-3H3;1H. The van der Waals surface area contributed by atoms with Gasteiger partial charge in [-0.2, -0.15) is 0 Å². The second-order valence-corrected chi connectivity index (χ2v) is 6.11. The number of ether oxygens (including phenoxy) is 1. The van der Waals surface area contributed by atoms with Crippen molar-refractivity contribution in [2.75, 3.05) is 11.9 Å². The van der Waals surface area contributed by atoms with Crippen molar-refractivity contribution in [3.8, 4) is 0 Å². The summed E-state index contributed by atoms with van der Waals surface area (Å²) in [6.45, 7) is 8.08. The van der Waals surface area contributed by atoms with E-state index in [0.717, 1.165) is 35.6 Å². The molecule has 0 saturated heterocycles. The first-order valence-electron chi connectivity index (χ1n) is 9.40. The number of carbonyl (C=O) groups excluding carboxylic acids is 1. The van der Waals surface area contributed by atoms with Gasteiger partial charge < -0.3 is 34.0 Å². The van der Waals surface area contributed by atoms with Gasteiger partial charge in [-0.1, -0.05) is 18.2 Å². The first kappa shape index (κ1) is 21.9. The number of hydrogen-bond acceptors (Lipinski definition) is 3. The Morgan fingerprint density at radius 3 is 2.54 bits per heavy atom. The van der Waals surface area contributed by atoms with Gasteiger partial charge in [0.1, 0.15) is 0 Å². The van der Waals surface area contributed by atoms with Crippen LogP contribution in [0.5, 0.6) is 0 Å². The molecule has 1 N–H and O–H groups in total. The van der Waals surface area contributed by atoms with Gasteiger partial charge in [-0.15, -0.1) is 0 Å². The number of anilines is 1. The Kier molecular flexibility index (Phi) is 8.04. The van der Waals surface area contributed by atoms with Crippen LogP contribution in [0.2, 0.25) is 0 Å². The van der Waals surface area contributed by atoms with Crippen molar-refractivity contribution in [1.29, 1.82) is 0 Å². The summed E-state index contributed by atoms with van der Waals surface area (Å²) < 4.78 is 9.61. The number of esters is 1. The van der Waals surface area contributed by atoms with Crippen LogP contribution in [0.4, 0.5) is 5.69 Å². The van der Waals surface area contributed by atoms with E-state index in [1.165, 1.54) is 0 Å². The van der Waals surface area contributed by atoms with Gasteiger partial charge in [-0.3, -0.25) is 0 Å². The molecule has 0 bridgehead atoms. The molecule has 2 aromatic carbocycles. The number of carbonyl (C=O) groups is 1. The van der Waals surface area contributed by atoms with Crippen LogP contribution in [0.25, 0.3) is 17.1 Å². The maximum Gasteiger partial charge on any atom is 0.338 e. The third-order valence-electron chi connectivity index (χ3n) is 4.51. The molecule has 0 unspecified atom stereocenters. The van der Waals surface area contributed by atoms with Gasteiger partial charge in [0.15, 0.2) is 11.0 Å². The quantitative estimate of drug-likeness (QED) is 0.308. The van der Waals surface area contributed by atoms with Crippen LogP contribution in [-0.2, 0) is 17.8 Å². The lowest BCUT2D eigenvalue weighted by atomic mass is 10.2. The molecule has 0 aliphatic carbocycles. The number of halogens is 1. The second-order valence-electron chi connectivity index (χ2n) is 6.11. The predicted molar refractivity (Wildman–Crippen MR) is 109 cm³/mol. The molecule has 0 aliphatic heterocycles. The van der Waals surface area contributed by atoms with E-state index < -0.39 is 0 Å². The van der Waals surface area contributed by atoms with Crippen molar-refractivity contribution in [2.24, 2.45) is 0 Å². The topological polar surface area (TPSA) is 47.1 Å². The number of aryl methyl sites for hydroxylation is 2. The molecule has 0 spiro atoms. The normalized spacial score (nSPS) is 10.8. The van der Waals surface area contributed by atoms with E-state index in [9.17, 15) is 4.79 Å². The van der Waals surface area contributed by atoms with Gasteiger partial charge in [-0.05, 0) is 45.0 Å². The maximum absolute atomic E-state index is 12.1. The average molecular weight is 491 g/mol. The molecular formula is C22H26IN3O2. The number of imidazole rings is 1. The Balaban J connectivity index is 0.00000280.